The molecule has 0 saturated carbocycles. The highest BCUT2D eigenvalue weighted by Crippen LogP contribution is 2.27. The van der Waals surface area contributed by atoms with Gasteiger partial charge in [-0.15, -0.1) is 0 Å². The van der Waals surface area contributed by atoms with Crippen LogP contribution in [0.1, 0.15) is 5.56 Å². The first-order chi connectivity index (χ1) is 13.9. The minimum Gasteiger partial charge on any atom is -0.464 e. The summed E-state index contributed by atoms with van der Waals surface area (Å²) < 4.78 is 5.34. The highest BCUT2D eigenvalue weighted by molar-refractivity contribution is 5.89. The molecule has 0 bridgehead atoms. The van der Waals surface area contributed by atoms with E-state index in [0.29, 0.717) is 28.8 Å². The summed E-state index contributed by atoms with van der Waals surface area (Å²) in [6.45, 7) is 1.03. The average molecular weight is 402 g/mol. The van der Waals surface area contributed by atoms with Crippen molar-refractivity contribution in [3.63, 3.8) is 0 Å². The van der Waals surface area contributed by atoms with Gasteiger partial charge in [0.2, 0.25) is 0 Å². The van der Waals surface area contributed by atoms with Crippen molar-refractivity contribution in [1.82, 2.24) is 4.98 Å². The number of hydrogen-bond acceptors (Lipinski definition) is 8. The number of benzene rings is 1. The Morgan fingerprint density at radius 3 is 2.59 bits per heavy atom. The van der Waals surface area contributed by atoms with Crippen LogP contribution in [0.5, 0.6) is 0 Å². The van der Waals surface area contributed by atoms with Crippen molar-refractivity contribution in [2.75, 3.05) is 11.9 Å². The molecule has 3 aromatic rings. The van der Waals surface area contributed by atoms with E-state index in [1.807, 2.05) is 0 Å². The van der Waals surface area contributed by atoms with Gasteiger partial charge in [-0.1, -0.05) is 6.07 Å². The molecule has 9 nitrogen and oxygen atoms in total. The topological polar surface area (TPSA) is 156 Å². The molecule has 2 heterocycles. The van der Waals surface area contributed by atoms with Crippen molar-refractivity contribution >= 4 is 22.9 Å². The van der Waals surface area contributed by atoms with Gasteiger partial charge in [-0.2, -0.15) is 0 Å². The monoisotopic (exact) mass is 402 g/mol. The van der Waals surface area contributed by atoms with Crippen LogP contribution in [0.4, 0.5) is 5.69 Å². The van der Waals surface area contributed by atoms with Crippen molar-refractivity contribution in [3.05, 3.63) is 52.5 Å². The molecular weight excluding hydrogens is 380 g/mol. The third-order valence-electron chi connectivity index (χ3n) is 4.82. The first kappa shape index (κ1) is 20.7. The predicted molar refractivity (Wildman–Crippen MR) is 106 cm³/mol. The summed E-state index contributed by atoms with van der Waals surface area (Å²) in [4.78, 5) is 26.7. The summed E-state index contributed by atoms with van der Waals surface area (Å²) in [5.74, 6) is 0.452. The third kappa shape index (κ3) is 4.08. The molecule has 0 aliphatic rings. The second-order valence-corrected chi connectivity index (χ2v) is 6.73. The Morgan fingerprint density at radius 1 is 1.21 bits per heavy atom. The Bertz CT molecular complexity index is 1040. The molecule has 0 radical (unpaired) electrons. The quantitative estimate of drug-likeness (QED) is 0.291. The summed E-state index contributed by atoms with van der Waals surface area (Å²) >= 11 is 0. The van der Waals surface area contributed by atoms with E-state index in [1.165, 1.54) is 6.26 Å². The standard InChI is InChI=1S/C20H22N2O7/c1-10-12-5-4-11(21-14(8-23)18(26)19(27)15(25)9-24)7-13(12)22-20(28)17(10)16-3-2-6-29-16/h2-8,14-15,18-19,21,24-27H,9H2,1H3,(H,22,28)/t14-,15+,18+,19+/m0/s1. The van der Waals surface area contributed by atoms with Gasteiger partial charge in [0, 0.05) is 11.1 Å². The minimum atomic E-state index is -1.72. The number of fused-ring (bicyclic) bond motifs is 1. The van der Waals surface area contributed by atoms with E-state index < -0.39 is 31.0 Å². The van der Waals surface area contributed by atoms with E-state index in [2.05, 4.69) is 10.3 Å². The fourth-order valence-electron chi connectivity index (χ4n) is 3.21. The molecular formula is C20H22N2O7. The number of aliphatic hydroxyl groups excluding tert-OH is 4. The molecule has 0 aliphatic heterocycles. The second kappa shape index (κ2) is 8.58. The Balaban J connectivity index is 1.93. The first-order valence-corrected chi connectivity index (χ1v) is 8.94. The highest BCUT2D eigenvalue weighted by Gasteiger charge is 2.31. The number of rotatable bonds is 8. The fraction of sp³-hybridized carbons (Fsp3) is 0.300. The largest absolute Gasteiger partial charge is 0.464 e. The van der Waals surface area contributed by atoms with Crippen molar-refractivity contribution in [2.24, 2.45) is 0 Å². The number of pyridine rings is 1. The van der Waals surface area contributed by atoms with Gasteiger partial charge in [0.1, 0.15) is 36.4 Å². The zero-order valence-electron chi connectivity index (χ0n) is 15.6. The minimum absolute atomic E-state index is 0.337. The molecule has 4 atom stereocenters. The lowest BCUT2D eigenvalue weighted by atomic mass is 10.0. The van der Waals surface area contributed by atoms with E-state index in [0.717, 1.165) is 10.9 Å². The van der Waals surface area contributed by atoms with Gasteiger partial charge in [0.25, 0.3) is 5.56 Å². The molecule has 0 unspecified atom stereocenters. The average Bonchev–Trinajstić information content (AvgIpc) is 3.24. The number of anilines is 1. The van der Waals surface area contributed by atoms with Crippen LogP contribution in [-0.2, 0) is 4.79 Å². The van der Waals surface area contributed by atoms with Crippen molar-refractivity contribution in [2.45, 2.75) is 31.3 Å². The SMILES string of the molecule is Cc1c(-c2ccco2)c(=O)[nH]c2cc(N[C@@H](C=O)[C@@H](O)[C@H](O)[C@H](O)CO)ccc12. The maximum Gasteiger partial charge on any atom is 0.259 e. The Kier molecular flexibility index (Phi) is 6.14. The van der Waals surface area contributed by atoms with Crippen LogP contribution in [0.3, 0.4) is 0 Å². The molecule has 0 saturated heterocycles. The van der Waals surface area contributed by atoms with Crippen molar-refractivity contribution < 1.29 is 29.6 Å². The zero-order chi connectivity index (χ0) is 21.1. The van der Waals surface area contributed by atoms with Crippen LogP contribution in [-0.4, -0.2) is 62.7 Å². The van der Waals surface area contributed by atoms with E-state index in [-0.39, 0.29) is 5.56 Å². The van der Waals surface area contributed by atoms with Gasteiger partial charge in [0.05, 0.1) is 24.0 Å². The van der Waals surface area contributed by atoms with Crippen LogP contribution in [0.2, 0.25) is 0 Å². The Labute approximate surface area is 165 Å². The molecule has 0 fully saturated rings. The normalized spacial score (nSPS) is 15.6. The fourth-order valence-corrected chi connectivity index (χ4v) is 3.21. The Hall–Kier alpha value is -2.98. The lowest BCUT2D eigenvalue weighted by Crippen LogP contribution is -2.49. The molecule has 0 spiro atoms. The number of furan rings is 1. The number of aldehydes is 1. The van der Waals surface area contributed by atoms with Crippen LogP contribution in [0.25, 0.3) is 22.2 Å². The summed E-state index contributed by atoms with van der Waals surface area (Å²) in [5, 5.41) is 41.8. The summed E-state index contributed by atoms with van der Waals surface area (Å²) in [6.07, 6.45) is -3.10. The van der Waals surface area contributed by atoms with Gasteiger partial charge in [0.15, 0.2) is 0 Å². The van der Waals surface area contributed by atoms with Gasteiger partial charge in [-0.05, 0) is 36.8 Å². The number of aryl methyl sites for hydroxylation is 1. The lowest BCUT2D eigenvalue weighted by molar-refractivity contribution is -0.117. The molecule has 2 aromatic heterocycles. The van der Waals surface area contributed by atoms with E-state index in [4.69, 9.17) is 9.52 Å². The molecule has 0 aliphatic carbocycles. The van der Waals surface area contributed by atoms with Gasteiger partial charge in [-0.3, -0.25) is 4.79 Å². The summed E-state index contributed by atoms with van der Waals surface area (Å²) in [5.41, 5.74) is 1.71. The molecule has 0 amide bonds. The number of carbonyl (C=O) groups excluding carboxylic acids is 1. The highest BCUT2D eigenvalue weighted by atomic mass is 16.4. The molecule has 9 heteroatoms. The number of aromatic amines is 1. The van der Waals surface area contributed by atoms with Crippen molar-refractivity contribution in [1.29, 1.82) is 0 Å². The lowest BCUT2D eigenvalue weighted by Gasteiger charge is -2.27. The number of aliphatic hydroxyl groups is 4. The zero-order valence-corrected chi connectivity index (χ0v) is 15.6. The van der Waals surface area contributed by atoms with Crippen LogP contribution in [0.15, 0.2) is 45.8 Å². The molecule has 3 rings (SSSR count). The predicted octanol–water partition coefficient (Wildman–Crippen LogP) is 0.151. The van der Waals surface area contributed by atoms with Crippen LogP contribution >= 0.6 is 0 Å². The number of aromatic nitrogens is 1. The van der Waals surface area contributed by atoms with E-state index in [1.54, 1.807) is 37.3 Å². The van der Waals surface area contributed by atoms with Crippen LogP contribution in [0, 0.1) is 6.92 Å². The van der Waals surface area contributed by atoms with E-state index >= 15 is 0 Å². The van der Waals surface area contributed by atoms with Gasteiger partial charge < -0.3 is 39.9 Å². The van der Waals surface area contributed by atoms with Gasteiger partial charge in [-0.25, -0.2) is 0 Å². The first-order valence-electron chi connectivity index (χ1n) is 8.94. The molecule has 6 N–H and O–H groups in total. The number of carbonyl (C=O) groups is 1. The summed E-state index contributed by atoms with van der Waals surface area (Å²) in [6, 6.07) is 7.12. The van der Waals surface area contributed by atoms with Crippen LogP contribution < -0.4 is 10.9 Å². The number of nitrogens with one attached hydrogen (secondary N) is 2. The molecule has 154 valence electrons. The third-order valence-corrected chi connectivity index (χ3v) is 4.82. The summed E-state index contributed by atoms with van der Waals surface area (Å²) in [7, 11) is 0. The van der Waals surface area contributed by atoms with Crippen molar-refractivity contribution in [3.8, 4) is 11.3 Å². The van der Waals surface area contributed by atoms with Gasteiger partial charge >= 0.3 is 0 Å². The molecule has 29 heavy (non-hydrogen) atoms. The molecule has 1 aromatic carbocycles. The number of H-pyrrole nitrogens is 1. The van der Waals surface area contributed by atoms with E-state index in [9.17, 15) is 24.9 Å². The maximum absolute atomic E-state index is 12.5. The second-order valence-electron chi connectivity index (χ2n) is 6.73. The smallest absolute Gasteiger partial charge is 0.259 e. The Morgan fingerprint density at radius 2 is 1.97 bits per heavy atom. The number of hydrogen-bond donors (Lipinski definition) is 6. The maximum atomic E-state index is 12.5.